The maximum Gasteiger partial charge on any atom is 0.239 e. The van der Waals surface area contributed by atoms with E-state index in [0.29, 0.717) is 0 Å². The Morgan fingerprint density at radius 1 is 2.00 bits per heavy atom. The van der Waals surface area contributed by atoms with Gasteiger partial charge in [-0.1, -0.05) is 0 Å². The van der Waals surface area contributed by atoms with Gasteiger partial charge < -0.3 is 5.73 Å². The van der Waals surface area contributed by atoms with E-state index in [1.165, 1.54) is 0 Å². The van der Waals surface area contributed by atoms with Crippen LogP contribution in [0.25, 0.3) is 0 Å². The van der Waals surface area contributed by atoms with Crippen molar-refractivity contribution in [3.63, 3.8) is 0 Å². The van der Waals surface area contributed by atoms with Crippen molar-refractivity contribution in [2.75, 3.05) is 0 Å². The largest absolute Gasteiger partial charge is 0.320 e. The number of halogens is 1. The minimum Gasteiger partial charge on any atom is -0.320 e. The Balaban J connectivity index is 3.52. The Hall–Kier alpha value is -0.520. The lowest BCUT2D eigenvalue weighted by Crippen LogP contribution is -2.25. The fraction of sp³-hybridized carbons (Fsp3) is 0.400. The van der Waals surface area contributed by atoms with Crippen molar-refractivity contribution in [3.8, 4) is 12.3 Å². The zero-order valence-electron chi connectivity index (χ0n) is 4.23. The maximum atomic E-state index is 10.1. The molecule has 2 nitrogen and oxygen atoms in total. The molecule has 0 aromatic rings. The quantitative estimate of drug-likeness (QED) is 0.427. The monoisotopic (exact) mass is 131 g/mol. The van der Waals surface area contributed by atoms with Crippen LogP contribution in [0.1, 0.15) is 6.42 Å². The molecule has 0 fully saturated rings. The van der Waals surface area contributed by atoms with Gasteiger partial charge in [0.05, 0.1) is 6.04 Å². The second-order valence-electron chi connectivity index (χ2n) is 1.32. The molecule has 0 saturated carbocycles. The molecule has 0 aliphatic heterocycles. The molecule has 0 unspecified atom stereocenters. The second kappa shape index (κ2) is 3.48. The van der Waals surface area contributed by atoms with E-state index >= 15 is 0 Å². The smallest absolute Gasteiger partial charge is 0.239 e. The standard InChI is InChI=1S/C5H6ClNO/c1-2-3-4(7)5(6)8/h1,4H,3,7H2/t4-/m0/s1. The van der Waals surface area contributed by atoms with E-state index in [1.54, 1.807) is 0 Å². The first-order valence-electron chi connectivity index (χ1n) is 2.07. The number of hydrogen-bond donors (Lipinski definition) is 1. The molecule has 44 valence electrons. The summed E-state index contributed by atoms with van der Waals surface area (Å²) in [5.74, 6) is 2.22. The van der Waals surface area contributed by atoms with Crippen molar-refractivity contribution in [3.05, 3.63) is 0 Å². The van der Waals surface area contributed by atoms with Crippen LogP contribution < -0.4 is 5.73 Å². The molecule has 8 heavy (non-hydrogen) atoms. The Labute approximate surface area is 53.0 Å². The minimum absolute atomic E-state index is 0.211. The second-order valence-corrected chi connectivity index (χ2v) is 1.69. The van der Waals surface area contributed by atoms with Crippen LogP contribution in [0.5, 0.6) is 0 Å². The molecule has 0 spiro atoms. The minimum atomic E-state index is -0.693. The predicted octanol–water partition coefficient (Wildman–Crippen LogP) is 0.102. The van der Waals surface area contributed by atoms with Gasteiger partial charge in [0.15, 0.2) is 0 Å². The Kier molecular flexibility index (Phi) is 3.25. The van der Waals surface area contributed by atoms with E-state index < -0.39 is 11.3 Å². The summed E-state index contributed by atoms with van der Waals surface area (Å²) in [6.45, 7) is 0. The molecule has 1 atom stereocenters. The first-order valence-corrected chi connectivity index (χ1v) is 2.44. The van der Waals surface area contributed by atoms with Crippen molar-refractivity contribution in [2.45, 2.75) is 12.5 Å². The third-order valence-corrected chi connectivity index (χ3v) is 0.910. The molecule has 2 N–H and O–H groups in total. The summed E-state index contributed by atoms with van der Waals surface area (Å²) in [4.78, 5) is 10.1. The molecule has 0 heterocycles. The van der Waals surface area contributed by atoms with Gasteiger partial charge in [-0.15, -0.1) is 12.3 Å². The molecule has 0 amide bonds. The Morgan fingerprint density at radius 3 is 2.62 bits per heavy atom. The lowest BCUT2D eigenvalue weighted by Gasteiger charge is -1.96. The van der Waals surface area contributed by atoms with Crippen molar-refractivity contribution >= 4 is 16.8 Å². The first-order chi connectivity index (χ1) is 3.68. The number of carbonyl (C=O) groups is 1. The summed E-state index contributed by atoms with van der Waals surface area (Å²) in [6.07, 6.45) is 5.04. The highest BCUT2D eigenvalue weighted by Crippen LogP contribution is 1.90. The summed E-state index contributed by atoms with van der Waals surface area (Å²) in [6, 6.07) is -0.693. The zero-order chi connectivity index (χ0) is 6.57. The van der Waals surface area contributed by atoms with E-state index in [9.17, 15) is 4.79 Å². The maximum absolute atomic E-state index is 10.1. The average Bonchev–Trinajstić information content (AvgIpc) is 1.67. The lowest BCUT2D eigenvalue weighted by molar-refractivity contribution is -0.112. The van der Waals surface area contributed by atoms with Crippen molar-refractivity contribution in [1.82, 2.24) is 0 Å². The molecule has 0 saturated heterocycles. The number of hydrogen-bond acceptors (Lipinski definition) is 2. The summed E-state index contributed by atoms with van der Waals surface area (Å²) in [5, 5.41) is -0.581. The average molecular weight is 132 g/mol. The van der Waals surface area contributed by atoms with Gasteiger partial charge >= 0.3 is 0 Å². The predicted molar refractivity (Wildman–Crippen MR) is 32.3 cm³/mol. The Morgan fingerprint density at radius 2 is 2.50 bits per heavy atom. The van der Waals surface area contributed by atoms with Gasteiger partial charge in [-0.3, -0.25) is 4.79 Å². The molecule has 0 radical (unpaired) electrons. The van der Waals surface area contributed by atoms with Gasteiger partial charge in [0.1, 0.15) is 0 Å². The third-order valence-electron chi connectivity index (χ3n) is 0.629. The van der Waals surface area contributed by atoms with Crippen LogP contribution in [0.2, 0.25) is 0 Å². The van der Waals surface area contributed by atoms with Crippen LogP contribution in [0.4, 0.5) is 0 Å². The van der Waals surface area contributed by atoms with Gasteiger partial charge in [-0.25, -0.2) is 0 Å². The molecule has 0 aliphatic rings. The number of terminal acetylenes is 1. The normalized spacial score (nSPS) is 12.1. The molecule has 0 rings (SSSR count). The van der Waals surface area contributed by atoms with E-state index in [2.05, 4.69) is 5.92 Å². The van der Waals surface area contributed by atoms with Crippen molar-refractivity contribution in [1.29, 1.82) is 0 Å². The summed E-state index contributed by atoms with van der Waals surface area (Å²) in [5.41, 5.74) is 5.10. The molecule has 0 aromatic carbocycles. The van der Waals surface area contributed by atoms with Crippen molar-refractivity contribution < 1.29 is 4.79 Å². The van der Waals surface area contributed by atoms with Crippen LogP contribution in [0.15, 0.2) is 0 Å². The summed E-state index contributed by atoms with van der Waals surface area (Å²) >= 11 is 4.95. The zero-order valence-corrected chi connectivity index (χ0v) is 4.98. The van der Waals surface area contributed by atoms with Crippen LogP contribution in [0, 0.1) is 12.3 Å². The number of rotatable bonds is 2. The fourth-order valence-corrected chi connectivity index (χ4v) is 0.284. The highest BCUT2D eigenvalue weighted by atomic mass is 35.5. The molecule has 0 aromatic heterocycles. The first kappa shape index (κ1) is 7.48. The molecular weight excluding hydrogens is 126 g/mol. The number of nitrogens with two attached hydrogens (primary N) is 1. The van der Waals surface area contributed by atoms with Crippen LogP contribution >= 0.6 is 11.6 Å². The highest BCUT2D eigenvalue weighted by Gasteiger charge is 2.06. The van der Waals surface area contributed by atoms with E-state index in [0.717, 1.165) is 0 Å². The van der Waals surface area contributed by atoms with Crippen molar-refractivity contribution in [2.24, 2.45) is 5.73 Å². The van der Waals surface area contributed by atoms with Gasteiger partial charge in [-0.2, -0.15) is 0 Å². The third kappa shape index (κ3) is 2.62. The van der Waals surface area contributed by atoms with Gasteiger partial charge in [0.25, 0.3) is 0 Å². The summed E-state index contributed by atoms with van der Waals surface area (Å²) < 4.78 is 0. The summed E-state index contributed by atoms with van der Waals surface area (Å²) in [7, 11) is 0. The topological polar surface area (TPSA) is 43.1 Å². The SMILES string of the molecule is C#CC[C@H](N)C(=O)Cl. The highest BCUT2D eigenvalue weighted by molar-refractivity contribution is 6.64. The van der Waals surface area contributed by atoms with Gasteiger partial charge in [0, 0.05) is 6.42 Å². The molecule has 0 aliphatic carbocycles. The van der Waals surface area contributed by atoms with Gasteiger partial charge in [-0.05, 0) is 11.6 Å². The number of carbonyl (C=O) groups excluding carboxylic acids is 1. The van der Waals surface area contributed by atoms with Crippen LogP contribution in [-0.4, -0.2) is 11.3 Å². The van der Waals surface area contributed by atoms with Gasteiger partial charge in [0.2, 0.25) is 5.24 Å². The van der Waals surface area contributed by atoms with E-state index in [4.69, 9.17) is 23.8 Å². The molecule has 3 heteroatoms. The van der Waals surface area contributed by atoms with Crippen LogP contribution in [-0.2, 0) is 4.79 Å². The van der Waals surface area contributed by atoms with Crippen LogP contribution in [0.3, 0.4) is 0 Å². The lowest BCUT2D eigenvalue weighted by atomic mass is 10.2. The Bertz CT molecular complexity index is 127. The molecule has 0 bridgehead atoms. The fourth-order valence-electron chi connectivity index (χ4n) is 0.207. The van der Waals surface area contributed by atoms with E-state index in [1.807, 2.05) is 0 Å². The molecular formula is C5H6ClNO. The van der Waals surface area contributed by atoms with E-state index in [-0.39, 0.29) is 6.42 Å².